The van der Waals surface area contributed by atoms with E-state index >= 15 is 0 Å². The normalized spacial score (nSPS) is 10.9. The Labute approximate surface area is 88.7 Å². The Morgan fingerprint density at radius 2 is 1.79 bits per heavy atom. The van der Waals surface area contributed by atoms with Crippen LogP contribution in [-0.2, 0) is 0 Å². The summed E-state index contributed by atoms with van der Waals surface area (Å²) in [5, 5.41) is 1.91. The summed E-state index contributed by atoms with van der Waals surface area (Å²) < 4.78 is 0. The number of aryl methyl sites for hydroxylation is 3. The van der Waals surface area contributed by atoms with Gasteiger partial charge in [0, 0.05) is 11.6 Å². The van der Waals surface area contributed by atoms with Gasteiger partial charge in [-0.15, -0.1) is 0 Å². The third-order valence-corrected chi connectivity index (χ3v) is 2.91. The van der Waals surface area contributed by atoms with Gasteiger partial charge in [0.25, 0.3) is 0 Å². The number of nitrogens with zero attached hydrogens (tertiary/aromatic N) is 1. The first-order valence-corrected chi connectivity index (χ1v) is 4.99. The maximum atomic E-state index is 6.24. The summed E-state index contributed by atoms with van der Waals surface area (Å²) >= 11 is 6.24. The highest BCUT2D eigenvalue weighted by Gasteiger charge is 2.06. The number of halogens is 1. The fourth-order valence-electron chi connectivity index (χ4n) is 1.75. The number of benzene rings is 1. The lowest BCUT2D eigenvalue weighted by molar-refractivity contribution is 1.31. The van der Waals surface area contributed by atoms with E-state index in [1.807, 2.05) is 13.1 Å². The minimum Gasteiger partial charge on any atom is -0.256 e. The van der Waals surface area contributed by atoms with Crippen LogP contribution in [0.3, 0.4) is 0 Å². The van der Waals surface area contributed by atoms with Gasteiger partial charge in [-0.05, 0) is 43.5 Å². The molecule has 0 saturated heterocycles. The van der Waals surface area contributed by atoms with Gasteiger partial charge in [0.05, 0.1) is 10.5 Å². The van der Waals surface area contributed by atoms with Gasteiger partial charge in [-0.2, -0.15) is 0 Å². The van der Waals surface area contributed by atoms with Gasteiger partial charge in [0.15, 0.2) is 0 Å². The first kappa shape index (κ1) is 9.47. The van der Waals surface area contributed by atoms with Crippen molar-refractivity contribution < 1.29 is 0 Å². The lowest BCUT2D eigenvalue weighted by atomic mass is 10.0. The molecule has 0 fully saturated rings. The summed E-state index contributed by atoms with van der Waals surface area (Å²) in [6.07, 6.45) is 1.82. The number of hydrogen-bond acceptors (Lipinski definition) is 1. The van der Waals surface area contributed by atoms with Gasteiger partial charge >= 0.3 is 0 Å². The lowest BCUT2D eigenvalue weighted by Gasteiger charge is -2.07. The first-order chi connectivity index (χ1) is 6.59. The number of pyridine rings is 1. The second-order valence-corrected chi connectivity index (χ2v) is 4.11. The second-order valence-electron chi connectivity index (χ2n) is 3.73. The van der Waals surface area contributed by atoms with Crippen LogP contribution in [0.4, 0.5) is 0 Å². The molecule has 0 aliphatic rings. The van der Waals surface area contributed by atoms with Crippen LogP contribution in [0.1, 0.15) is 16.7 Å². The van der Waals surface area contributed by atoms with Gasteiger partial charge < -0.3 is 0 Å². The van der Waals surface area contributed by atoms with Crippen molar-refractivity contribution in [2.45, 2.75) is 20.8 Å². The van der Waals surface area contributed by atoms with Crippen LogP contribution in [0.5, 0.6) is 0 Å². The summed E-state index contributed by atoms with van der Waals surface area (Å²) in [5.41, 5.74) is 4.44. The maximum absolute atomic E-state index is 6.24. The molecule has 0 atom stereocenters. The number of hydrogen-bond donors (Lipinski definition) is 0. The third kappa shape index (κ3) is 1.38. The highest BCUT2D eigenvalue weighted by atomic mass is 35.5. The Morgan fingerprint density at radius 1 is 1.07 bits per heavy atom. The molecule has 2 heteroatoms. The minimum atomic E-state index is 0.826. The Hall–Kier alpha value is -1.08. The molecular formula is C12H12ClN. The van der Waals surface area contributed by atoms with Crippen LogP contribution in [0.25, 0.3) is 10.9 Å². The zero-order valence-electron chi connectivity index (χ0n) is 8.56. The quantitative estimate of drug-likeness (QED) is 0.637. The van der Waals surface area contributed by atoms with Crippen molar-refractivity contribution >= 4 is 22.5 Å². The van der Waals surface area contributed by atoms with Crippen molar-refractivity contribution in [2.75, 3.05) is 0 Å². The topological polar surface area (TPSA) is 12.9 Å². The van der Waals surface area contributed by atoms with E-state index in [2.05, 4.69) is 31.0 Å². The fourth-order valence-corrected chi connectivity index (χ4v) is 2.05. The molecule has 0 N–H and O–H groups in total. The highest BCUT2D eigenvalue weighted by Crippen LogP contribution is 2.28. The second kappa shape index (κ2) is 3.25. The molecule has 0 bridgehead atoms. The maximum Gasteiger partial charge on any atom is 0.0722 e. The molecule has 0 unspecified atom stereocenters. The van der Waals surface area contributed by atoms with Crippen LogP contribution < -0.4 is 0 Å². The predicted octanol–water partition coefficient (Wildman–Crippen LogP) is 3.81. The Bertz CT molecular complexity index is 503. The first-order valence-electron chi connectivity index (χ1n) is 4.61. The summed E-state index contributed by atoms with van der Waals surface area (Å²) in [4.78, 5) is 4.38. The Morgan fingerprint density at radius 3 is 2.50 bits per heavy atom. The van der Waals surface area contributed by atoms with Crippen LogP contribution in [0.2, 0.25) is 5.02 Å². The molecule has 0 aliphatic heterocycles. The molecule has 2 rings (SSSR count). The van der Waals surface area contributed by atoms with Crippen molar-refractivity contribution in [1.82, 2.24) is 4.98 Å². The molecule has 1 nitrogen and oxygen atoms in total. The van der Waals surface area contributed by atoms with Gasteiger partial charge in [-0.3, -0.25) is 4.98 Å². The van der Waals surface area contributed by atoms with Crippen LogP contribution in [0, 0.1) is 20.8 Å². The number of aromatic nitrogens is 1. The molecule has 0 aliphatic carbocycles. The summed E-state index contributed by atoms with van der Waals surface area (Å²) in [6, 6.07) is 4.20. The van der Waals surface area contributed by atoms with Gasteiger partial charge in [-0.25, -0.2) is 0 Å². The molecule has 72 valence electrons. The van der Waals surface area contributed by atoms with E-state index < -0.39 is 0 Å². The molecule has 0 saturated carbocycles. The average molecular weight is 206 g/mol. The van der Waals surface area contributed by atoms with Crippen molar-refractivity contribution in [3.05, 3.63) is 40.0 Å². The largest absolute Gasteiger partial charge is 0.256 e. The van der Waals surface area contributed by atoms with Crippen molar-refractivity contribution in [3.63, 3.8) is 0 Å². The third-order valence-electron chi connectivity index (χ3n) is 2.42. The van der Waals surface area contributed by atoms with Crippen molar-refractivity contribution in [3.8, 4) is 0 Å². The van der Waals surface area contributed by atoms with Crippen LogP contribution in [-0.4, -0.2) is 4.98 Å². The summed E-state index contributed by atoms with van der Waals surface area (Å²) in [6.45, 7) is 6.12. The standard InChI is InChI=1S/C12H12ClN/c1-7-4-8(2)11-10(5-7)14-6-9(3)12(11)13/h4-6H,1-3H3. The molecule has 0 amide bonds. The van der Waals surface area contributed by atoms with E-state index in [9.17, 15) is 0 Å². The van der Waals surface area contributed by atoms with E-state index in [-0.39, 0.29) is 0 Å². The van der Waals surface area contributed by atoms with E-state index in [1.165, 1.54) is 11.1 Å². The molecule has 0 radical (unpaired) electrons. The van der Waals surface area contributed by atoms with Gasteiger partial charge in [0.2, 0.25) is 0 Å². The molecule has 1 heterocycles. The minimum absolute atomic E-state index is 0.826. The average Bonchev–Trinajstić information content (AvgIpc) is 2.10. The molecule has 14 heavy (non-hydrogen) atoms. The fraction of sp³-hybridized carbons (Fsp3) is 0.250. The van der Waals surface area contributed by atoms with Crippen LogP contribution >= 0.6 is 11.6 Å². The zero-order valence-corrected chi connectivity index (χ0v) is 9.31. The van der Waals surface area contributed by atoms with E-state index in [4.69, 9.17) is 11.6 Å². The van der Waals surface area contributed by atoms with Crippen molar-refractivity contribution in [2.24, 2.45) is 0 Å². The molecule has 1 aromatic heterocycles. The molecular weight excluding hydrogens is 194 g/mol. The lowest BCUT2D eigenvalue weighted by Crippen LogP contribution is -1.88. The van der Waals surface area contributed by atoms with Crippen LogP contribution in [0.15, 0.2) is 18.3 Å². The number of rotatable bonds is 0. The summed E-state index contributed by atoms with van der Waals surface area (Å²) in [7, 11) is 0. The van der Waals surface area contributed by atoms with E-state index in [0.717, 1.165) is 21.5 Å². The smallest absolute Gasteiger partial charge is 0.0722 e. The Kier molecular flexibility index (Phi) is 2.20. The monoisotopic (exact) mass is 205 g/mol. The SMILES string of the molecule is Cc1cc(C)c2c(Cl)c(C)cnc2c1. The molecule has 1 aromatic carbocycles. The highest BCUT2D eigenvalue weighted by molar-refractivity contribution is 6.36. The molecule has 2 aromatic rings. The van der Waals surface area contributed by atoms with Gasteiger partial charge in [-0.1, -0.05) is 17.7 Å². The molecule has 0 spiro atoms. The number of fused-ring (bicyclic) bond motifs is 1. The zero-order chi connectivity index (χ0) is 10.3. The van der Waals surface area contributed by atoms with E-state index in [1.54, 1.807) is 0 Å². The Balaban J connectivity index is 2.95. The van der Waals surface area contributed by atoms with E-state index in [0.29, 0.717) is 0 Å². The summed E-state index contributed by atoms with van der Waals surface area (Å²) in [5.74, 6) is 0. The van der Waals surface area contributed by atoms with Gasteiger partial charge in [0.1, 0.15) is 0 Å². The predicted molar refractivity (Wildman–Crippen MR) is 61.0 cm³/mol. The van der Waals surface area contributed by atoms with Crippen molar-refractivity contribution in [1.29, 1.82) is 0 Å².